The lowest BCUT2D eigenvalue weighted by molar-refractivity contribution is -0.160. The third kappa shape index (κ3) is 8.88. The Labute approximate surface area is 224 Å². The quantitative estimate of drug-likeness (QED) is 0.249. The highest BCUT2D eigenvalue weighted by molar-refractivity contribution is 9.10. The van der Waals surface area contributed by atoms with Crippen LogP contribution in [0.2, 0.25) is 18.1 Å². The first kappa shape index (κ1) is 30.3. The van der Waals surface area contributed by atoms with Crippen molar-refractivity contribution in [1.82, 2.24) is 5.32 Å². The van der Waals surface area contributed by atoms with Gasteiger partial charge in [-0.1, -0.05) is 36.7 Å². The molecule has 8 nitrogen and oxygen atoms in total. The molecule has 0 saturated heterocycles. The van der Waals surface area contributed by atoms with Crippen LogP contribution in [0.3, 0.4) is 0 Å². The zero-order valence-electron chi connectivity index (χ0n) is 22.8. The molecule has 0 aromatic heterocycles. The summed E-state index contributed by atoms with van der Waals surface area (Å²) in [6.45, 7) is 17.2. The SMILES string of the molecule is CC(=O)O[C@@H]1[C@@H](NC(=O)OC(C)(C)C)C[C@H](OC(=O)c2ccc(Br)cc2)C[C@H]1O[Si](C)(C)C(C)(C)C. The van der Waals surface area contributed by atoms with Crippen LogP contribution in [-0.4, -0.2) is 56.3 Å². The van der Waals surface area contributed by atoms with Crippen LogP contribution >= 0.6 is 15.9 Å². The summed E-state index contributed by atoms with van der Waals surface area (Å²) in [6, 6.07) is 6.22. The van der Waals surface area contributed by atoms with E-state index in [1.807, 2.05) is 0 Å². The Morgan fingerprint density at radius 1 is 0.972 bits per heavy atom. The summed E-state index contributed by atoms with van der Waals surface area (Å²) in [5, 5.41) is 2.73. The van der Waals surface area contributed by atoms with E-state index in [4.69, 9.17) is 18.6 Å². The van der Waals surface area contributed by atoms with Crippen molar-refractivity contribution in [2.24, 2.45) is 0 Å². The molecule has 0 heterocycles. The molecule has 10 heteroatoms. The van der Waals surface area contributed by atoms with Crippen LogP contribution in [0.5, 0.6) is 0 Å². The number of amides is 1. The molecule has 1 saturated carbocycles. The molecule has 1 aliphatic carbocycles. The number of halogens is 1. The number of alkyl carbamates (subject to hydrolysis) is 1. The van der Waals surface area contributed by atoms with E-state index in [-0.39, 0.29) is 11.5 Å². The normalized spacial score (nSPS) is 22.9. The number of hydrogen-bond acceptors (Lipinski definition) is 7. The van der Waals surface area contributed by atoms with Gasteiger partial charge in [-0.15, -0.1) is 0 Å². The molecular formula is C26H40BrNO7Si. The van der Waals surface area contributed by atoms with Crippen molar-refractivity contribution in [3.63, 3.8) is 0 Å². The molecule has 0 unspecified atom stereocenters. The Bertz CT molecular complexity index is 937. The predicted octanol–water partition coefficient (Wildman–Crippen LogP) is 5.98. The minimum Gasteiger partial charge on any atom is -0.459 e. The number of carbonyl (C=O) groups is 3. The molecule has 36 heavy (non-hydrogen) atoms. The van der Waals surface area contributed by atoms with Gasteiger partial charge in [0.1, 0.15) is 17.8 Å². The van der Waals surface area contributed by atoms with Gasteiger partial charge < -0.3 is 24.0 Å². The molecular weight excluding hydrogens is 546 g/mol. The fourth-order valence-electron chi connectivity index (χ4n) is 3.69. The second kappa shape index (κ2) is 11.6. The summed E-state index contributed by atoms with van der Waals surface area (Å²) in [4.78, 5) is 37.6. The Hall–Kier alpha value is -1.91. The van der Waals surface area contributed by atoms with E-state index in [1.165, 1.54) is 6.92 Å². The Morgan fingerprint density at radius 3 is 2.06 bits per heavy atom. The first-order chi connectivity index (χ1) is 16.4. The molecule has 4 atom stereocenters. The van der Waals surface area contributed by atoms with E-state index in [1.54, 1.807) is 45.0 Å². The third-order valence-corrected chi connectivity index (χ3v) is 11.4. The van der Waals surface area contributed by atoms with Crippen LogP contribution in [0.15, 0.2) is 28.7 Å². The molecule has 0 radical (unpaired) electrons. The molecule has 0 bridgehead atoms. The molecule has 1 N–H and O–H groups in total. The monoisotopic (exact) mass is 585 g/mol. The Balaban J connectivity index is 2.36. The molecule has 2 rings (SSSR count). The average molecular weight is 587 g/mol. The maximum Gasteiger partial charge on any atom is 0.408 e. The molecule has 1 aromatic rings. The Kier molecular flexibility index (Phi) is 9.80. The van der Waals surface area contributed by atoms with Gasteiger partial charge in [0.25, 0.3) is 0 Å². The minimum absolute atomic E-state index is 0.108. The van der Waals surface area contributed by atoms with Gasteiger partial charge in [-0.2, -0.15) is 0 Å². The molecule has 1 aliphatic rings. The summed E-state index contributed by atoms with van der Waals surface area (Å²) < 4.78 is 24.5. The molecule has 1 fully saturated rings. The zero-order chi connectivity index (χ0) is 27.5. The number of carbonyl (C=O) groups excluding carboxylic acids is 3. The van der Waals surface area contributed by atoms with Crippen LogP contribution in [-0.2, 0) is 23.4 Å². The smallest absolute Gasteiger partial charge is 0.408 e. The number of esters is 2. The molecule has 0 aliphatic heterocycles. The van der Waals surface area contributed by atoms with Crippen LogP contribution in [0.1, 0.15) is 71.7 Å². The van der Waals surface area contributed by atoms with Gasteiger partial charge in [-0.05, 0) is 63.2 Å². The topological polar surface area (TPSA) is 100 Å². The largest absolute Gasteiger partial charge is 0.459 e. The first-order valence-electron chi connectivity index (χ1n) is 12.2. The summed E-state index contributed by atoms with van der Waals surface area (Å²) in [6.07, 6.45) is -1.97. The first-order valence-corrected chi connectivity index (χ1v) is 15.9. The molecule has 1 amide bonds. The fourth-order valence-corrected chi connectivity index (χ4v) is 5.29. The van der Waals surface area contributed by atoms with Gasteiger partial charge in [-0.25, -0.2) is 9.59 Å². The van der Waals surface area contributed by atoms with E-state index < -0.39 is 56.3 Å². The van der Waals surface area contributed by atoms with Crippen LogP contribution < -0.4 is 5.32 Å². The van der Waals surface area contributed by atoms with E-state index in [9.17, 15) is 14.4 Å². The second-order valence-electron chi connectivity index (χ2n) is 11.7. The molecule has 0 spiro atoms. The van der Waals surface area contributed by atoms with Gasteiger partial charge in [0, 0.05) is 24.2 Å². The van der Waals surface area contributed by atoms with Crippen LogP contribution in [0, 0.1) is 0 Å². The summed E-state index contributed by atoms with van der Waals surface area (Å²) in [7, 11) is -2.31. The number of rotatable bonds is 6. The molecule has 1 aromatic carbocycles. The second-order valence-corrected chi connectivity index (χ2v) is 17.4. The lowest BCUT2D eigenvalue weighted by Crippen LogP contribution is -2.60. The maximum absolute atomic E-state index is 12.9. The van der Waals surface area contributed by atoms with E-state index in [2.05, 4.69) is 55.1 Å². The predicted molar refractivity (Wildman–Crippen MR) is 143 cm³/mol. The van der Waals surface area contributed by atoms with Crippen molar-refractivity contribution in [1.29, 1.82) is 0 Å². The van der Waals surface area contributed by atoms with Crippen molar-refractivity contribution in [3.8, 4) is 0 Å². The van der Waals surface area contributed by atoms with Gasteiger partial charge >= 0.3 is 18.0 Å². The van der Waals surface area contributed by atoms with Crippen molar-refractivity contribution in [3.05, 3.63) is 34.3 Å². The summed E-state index contributed by atoms with van der Waals surface area (Å²) in [5.74, 6) is -0.953. The van der Waals surface area contributed by atoms with E-state index >= 15 is 0 Å². The number of hydrogen-bond donors (Lipinski definition) is 1. The highest BCUT2D eigenvalue weighted by Gasteiger charge is 2.48. The van der Waals surface area contributed by atoms with Crippen molar-refractivity contribution >= 4 is 42.3 Å². The number of nitrogens with one attached hydrogen (secondary N) is 1. The van der Waals surface area contributed by atoms with Gasteiger partial charge in [0.15, 0.2) is 8.32 Å². The van der Waals surface area contributed by atoms with Crippen LogP contribution in [0.4, 0.5) is 4.79 Å². The summed E-state index contributed by atoms with van der Waals surface area (Å²) >= 11 is 3.36. The van der Waals surface area contributed by atoms with Crippen molar-refractivity contribution in [2.45, 2.75) is 109 Å². The zero-order valence-corrected chi connectivity index (χ0v) is 25.4. The standard InChI is InChI=1S/C26H40BrNO7Si/c1-16(29)32-22-20(28-24(31)34-25(2,3)4)14-19(15-21(22)35-36(8,9)26(5,6)7)33-23(30)17-10-12-18(27)13-11-17/h10-13,19-22H,14-15H2,1-9H3,(H,28,31)/t19-,20-,21+,22+/m0/s1. The fraction of sp³-hybridized carbons (Fsp3) is 0.654. The highest BCUT2D eigenvalue weighted by Crippen LogP contribution is 2.40. The van der Waals surface area contributed by atoms with Crippen LogP contribution in [0.25, 0.3) is 0 Å². The molecule has 202 valence electrons. The maximum atomic E-state index is 12.9. The van der Waals surface area contributed by atoms with E-state index in [0.717, 1.165) is 4.47 Å². The van der Waals surface area contributed by atoms with Gasteiger partial charge in [0.2, 0.25) is 0 Å². The summed E-state index contributed by atoms with van der Waals surface area (Å²) in [5.41, 5.74) is -0.293. The number of ether oxygens (including phenoxy) is 3. The van der Waals surface area contributed by atoms with Crippen molar-refractivity contribution < 1.29 is 33.0 Å². The lowest BCUT2D eigenvalue weighted by Gasteiger charge is -2.46. The van der Waals surface area contributed by atoms with E-state index in [0.29, 0.717) is 12.0 Å². The Morgan fingerprint density at radius 2 is 1.56 bits per heavy atom. The van der Waals surface area contributed by atoms with Gasteiger partial charge in [-0.3, -0.25) is 4.79 Å². The number of benzene rings is 1. The minimum atomic E-state index is -2.31. The third-order valence-electron chi connectivity index (χ3n) is 6.39. The van der Waals surface area contributed by atoms with Crippen molar-refractivity contribution in [2.75, 3.05) is 0 Å². The lowest BCUT2D eigenvalue weighted by atomic mass is 9.87. The highest BCUT2D eigenvalue weighted by atomic mass is 79.9. The van der Waals surface area contributed by atoms with Gasteiger partial charge in [0.05, 0.1) is 17.7 Å². The average Bonchev–Trinajstić information content (AvgIpc) is 2.68.